The molecular formula is C21H22N4O. The van der Waals surface area contributed by atoms with E-state index in [9.17, 15) is 5.11 Å². The molecule has 1 atom stereocenters. The van der Waals surface area contributed by atoms with Gasteiger partial charge in [0.25, 0.3) is 0 Å². The number of aromatic nitrogens is 2. The Balaban J connectivity index is 1.25. The predicted octanol–water partition coefficient (Wildman–Crippen LogP) is 2.84. The molecule has 1 saturated carbocycles. The number of β-amino-alcohol motifs (C(OH)–C–C–N with tert-alkyl or cyclic N) is 1. The van der Waals surface area contributed by atoms with Gasteiger partial charge in [-0.3, -0.25) is 0 Å². The van der Waals surface area contributed by atoms with Crippen LogP contribution in [0.3, 0.4) is 0 Å². The third-order valence-electron chi connectivity index (χ3n) is 6.53. The van der Waals surface area contributed by atoms with Gasteiger partial charge in [0, 0.05) is 29.7 Å². The van der Waals surface area contributed by atoms with Crippen LogP contribution in [-0.2, 0) is 13.0 Å². The SMILES string of the molecule is OC1CN(c2ccc(N3CCc4c([nH]c5ccccc45)C3)cn2)C12CC2. The number of aromatic amines is 1. The average Bonchev–Trinajstić information content (AvgIpc) is 3.44. The van der Waals surface area contributed by atoms with Crippen LogP contribution in [0.5, 0.6) is 0 Å². The Morgan fingerprint density at radius 1 is 1.15 bits per heavy atom. The van der Waals surface area contributed by atoms with Crippen LogP contribution in [0.25, 0.3) is 10.9 Å². The van der Waals surface area contributed by atoms with Gasteiger partial charge in [0.2, 0.25) is 0 Å². The summed E-state index contributed by atoms with van der Waals surface area (Å²) in [4.78, 5) is 13.0. The van der Waals surface area contributed by atoms with E-state index in [2.05, 4.69) is 51.2 Å². The van der Waals surface area contributed by atoms with E-state index in [1.807, 2.05) is 6.20 Å². The van der Waals surface area contributed by atoms with Crippen LogP contribution in [0, 0.1) is 0 Å². The molecule has 0 radical (unpaired) electrons. The molecule has 132 valence electrons. The summed E-state index contributed by atoms with van der Waals surface area (Å²) in [5, 5.41) is 11.4. The number of para-hydroxylation sites is 1. The topological polar surface area (TPSA) is 55.4 Å². The molecule has 6 rings (SSSR count). The van der Waals surface area contributed by atoms with E-state index in [1.54, 1.807) is 0 Å². The number of aliphatic hydroxyl groups excluding tert-OH is 1. The van der Waals surface area contributed by atoms with Crippen molar-refractivity contribution < 1.29 is 5.11 Å². The van der Waals surface area contributed by atoms with Crippen LogP contribution in [0.4, 0.5) is 11.5 Å². The number of nitrogens with one attached hydrogen (secondary N) is 1. The van der Waals surface area contributed by atoms with Gasteiger partial charge < -0.3 is 19.9 Å². The zero-order valence-corrected chi connectivity index (χ0v) is 14.7. The van der Waals surface area contributed by atoms with Crippen LogP contribution >= 0.6 is 0 Å². The van der Waals surface area contributed by atoms with E-state index in [0.717, 1.165) is 38.2 Å². The van der Waals surface area contributed by atoms with Gasteiger partial charge in [-0.25, -0.2) is 4.98 Å². The van der Waals surface area contributed by atoms with Gasteiger partial charge >= 0.3 is 0 Å². The lowest BCUT2D eigenvalue weighted by Gasteiger charge is -2.47. The van der Waals surface area contributed by atoms with E-state index in [-0.39, 0.29) is 11.6 Å². The maximum Gasteiger partial charge on any atom is 0.129 e. The molecule has 1 spiro atoms. The number of pyridine rings is 1. The lowest BCUT2D eigenvalue weighted by atomic mass is 9.96. The molecule has 2 aromatic heterocycles. The van der Waals surface area contributed by atoms with Gasteiger partial charge in [-0.05, 0) is 43.0 Å². The first-order valence-corrected chi connectivity index (χ1v) is 9.50. The first kappa shape index (κ1) is 14.6. The van der Waals surface area contributed by atoms with Crippen LogP contribution in [0.15, 0.2) is 42.6 Å². The highest BCUT2D eigenvalue weighted by Crippen LogP contribution is 2.52. The van der Waals surface area contributed by atoms with Crippen molar-refractivity contribution in [3.8, 4) is 0 Å². The first-order chi connectivity index (χ1) is 12.7. The van der Waals surface area contributed by atoms with E-state index < -0.39 is 0 Å². The molecule has 1 saturated heterocycles. The van der Waals surface area contributed by atoms with Crippen molar-refractivity contribution in [3.63, 3.8) is 0 Å². The van der Waals surface area contributed by atoms with Crippen molar-refractivity contribution in [1.29, 1.82) is 0 Å². The molecule has 1 aromatic carbocycles. The average molecular weight is 346 g/mol. The number of anilines is 2. The maximum atomic E-state index is 10.0. The number of hydrogen-bond donors (Lipinski definition) is 2. The standard InChI is InChI=1S/C21H22N4O/c26-19-13-25(21(19)8-9-21)20-6-5-14(11-22-20)24-10-7-16-15-3-1-2-4-17(15)23-18(16)12-24/h1-6,11,19,23,26H,7-10,12-13H2. The van der Waals surface area contributed by atoms with Crippen molar-refractivity contribution in [2.75, 3.05) is 22.9 Å². The maximum absolute atomic E-state index is 10.0. The Morgan fingerprint density at radius 3 is 2.81 bits per heavy atom. The van der Waals surface area contributed by atoms with Gasteiger partial charge in [-0.1, -0.05) is 18.2 Å². The number of aliphatic hydroxyl groups is 1. The molecule has 3 aliphatic rings. The minimum absolute atomic E-state index is 0.0128. The van der Waals surface area contributed by atoms with Crippen molar-refractivity contribution in [3.05, 3.63) is 53.9 Å². The summed E-state index contributed by atoms with van der Waals surface area (Å²) >= 11 is 0. The third kappa shape index (κ3) is 1.92. The van der Waals surface area contributed by atoms with E-state index in [0.29, 0.717) is 6.54 Å². The summed E-state index contributed by atoms with van der Waals surface area (Å²) in [5.74, 6) is 1.000. The number of fused-ring (bicyclic) bond motifs is 3. The summed E-state index contributed by atoms with van der Waals surface area (Å²) in [6.07, 6.45) is 5.05. The van der Waals surface area contributed by atoms with Gasteiger partial charge in [0.15, 0.2) is 0 Å². The quantitative estimate of drug-likeness (QED) is 0.749. The second-order valence-corrected chi connectivity index (χ2v) is 7.90. The Kier molecular flexibility index (Phi) is 2.82. The zero-order valence-electron chi connectivity index (χ0n) is 14.7. The first-order valence-electron chi connectivity index (χ1n) is 9.50. The highest BCUT2D eigenvalue weighted by molar-refractivity contribution is 5.85. The summed E-state index contributed by atoms with van der Waals surface area (Å²) in [6.45, 7) is 2.63. The molecule has 5 nitrogen and oxygen atoms in total. The Hall–Kier alpha value is -2.53. The molecule has 1 aliphatic carbocycles. The largest absolute Gasteiger partial charge is 0.389 e. The summed E-state index contributed by atoms with van der Waals surface area (Å²) in [6, 6.07) is 12.9. The lowest BCUT2D eigenvalue weighted by molar-refractivity contribution is 0.0773. The van der Waals surface area contributed by atoms with Crippen molar-refractivity contribution >= 4 is 22.4 Å². The van der Waals surface area contributed by atoms with E-state index in [1.165, 1.54) is 27.8 Å². The Bertz CT molecular complexity index is 989. The molecule has 4 heterocycles. The molecule has 1 unspecified atom stereocenters. The molecule has 3 aromatic rings. The lowest BCUT2D eigenvalue weighted by Crippen LogP contribution is -2.63. The molecule has 26 heavy (non-hydrogen) atoms. The van der Waals surface area contributed by atoms with Crippen LogP contribution in [0.1, 0.15) is 24.1 Å². The zero-order chi connectivity index (χ0) is 17.3. The minimum atomic E-state index is -0.175. The Morgan fingerprint density at radius 2 is 2.04 bits per heavy atom. The number of hydrogen-bond acceptors (Lipinski definition) is 4. The number of nitrogens with zero attached hydrogens (tertiary/aromatic N) is 3. The van der Waals surface area contributed by atoms with Crippen molar-refractivity contribution in [1.82, 2.24) is 9.97 Å². The van der Waals surface area contributed by atoms with Crippen LogP contribution in [0.2, 0.25) is 0 Å². The summed E-state index contributed by atoms with van der Waals surface area (Å²) in [7, 11) is 0. The van der Waals surface area contributed by atoms with Crippen LogP contribution < -0.4 is 9.80 Å². The Labute approximate surface area is 152 Å². The second kappa shape index (κ2) is 5.01. The molecular weight excluding hydrogens is 324 g/mol. The summed E-state index contributed by atoms with van der Waals surface area (Å²) < 4.78 is 0. The molecule has 0 bridgehead atoms. The number of H-pyrrole nitrogens is 1. The molecule has 2 N–H and O–H groups in total. The van der Waals surface area contributed by atoms with Crippen molar-refractivity contribution in [2.24, 2.45) is 0 Å². The van der Waals surface area contributed by atoms with Gasteiger partial charge in [-0.15, -0.1) is 0 Å². The van der Waals surface area contributed by atoms with Crippen molar-refractivity contribution in [2.45, 2.75) is 37.5 Å². The van der Waals surface area contributed by atoms with Gasteiger partial charge in [0.1, 0.15) is 5.82 Å². The normalized spacial score (nSPS) is 23.2. The number of benzene rings is 1. The molecule has 2 aliphatic heterocycles. The van der Waals surface area contributed by atoms with Crippen LogP contribution in [-0.4, -0.2) is 39.8 Å². The fourth-order valence-electron chi connectivity index (χ4n) is 4.78. The predicted molar refractivity (Wildman–Crippen MR) is 103 cm³/mol. The van der Waals surface area contributed by atoms with E-state index in [4.69, 9.17) is 4.98 Å². The third-order valence-corrected chi connectivity index (χ3v) is 6.53. The second-order valence-electron chi connectivity index (χ2n) is 7.90. The number of rotatable bonds is 2. The van der Waals surface area contributed by atoms with E-state index >= 15 is 0 Å². The van der Waals surface area contributed by atoms with Gasteiger partial charge in [0.05, 0.1) is 30.1 Å². The molecule has 2 fully saturated rings. The molecule has 0 amide bonds. The summed E-state index contributed by atoms with van der Waals surface area (Å²) in [5.41, 5.74) is 5.21. The fourth-order valence-corrected chi connectivity index (χ4v) is 4.78. The molecule has 5 heteroatoms. The minimum Gasteiger partial charge on any atom is -0.389 e. The highest BCUT2D eigenvalue weighted by atomic mass is 16.3. The smallest absolute Gasteiger partial charge is 0.129 e. The highest BCUT2D eigenvalue weighted by Gasteiger charge is 2.61. The fraction of sp³-hybridized carbons (Fsp3) is 0.381. The monoisotopic (exact) mass is 346 g/mol. The van der Waals surface area contributed by atoms with Gasteiger partial charge in [-0.2, -0.15) is 0 Å².